The number of nitrogens with two attached hydrogens (primary N) is 1. The molecular formula is C25H35F3N6O3. The quantitative estimate of drug-likeness (QED) is 0.634. The number of fused-ring (bicyclic) bond motifs is 1. The van der Waals surface area contributed by atoms with Crippen LogP contribution in [0.25, 0.3) is 11.0 Å². The van der Waals surface area contributed by atoms with Gasteiger partial charge in [-0.1, -0.05) is 6.42 Å². The number of carbonyl (C=O) groups excluding carboxylic acids is 2. The largest absolute Gasteiger partial charge is 0.444 e. The van der Waals surface area contributed by atoms with E-state index in [2.05, 4.69) is 9.97 Å². The van der Waals surface area contributed by atoms with Crippen molar-refractivity contribution in [2.24, 2.45) is 11.7 Å². The molecule has 12 heteroatoms. The number of hydrogen-bond acceptors (Lipinski definition) is 6. The van der Waals surface area contributed by atoms with Gasteiger partial charge in [0.2, 0.25) is 5.91 Å². The van der Waals surface area contributed by atoms with Crippen LogP contribution in [0.3, 0.4) is 0 Å². The van der Waals surface area contributed by atoms with Crippen molar-refractivity contribution in [2.45, 2.75) is 90.2 Å². The molecule has 0 radical (unpaired) electrons. The van der Waals surface area contributed by atoms with Gasteiger partial charge in [-0.3, -0.25) is 4.79 Å². The van der Waals surface area contributed by atoms with Crippen molar-refractivity contribution < 1.29 is 27.5 Å². The molecule has 1 saturated heterocycles. The Morgan fingerprint density at radius 3 is 2.41 bits per heavy atom. The molecule has 2 aromatic heterocycles. The summed E-state index contributed by atoms with van der Waals surface area (Å²) in [5, 5.41) is -0.0685. The molecule has 4 rings (SSSR count). The van der Waals surface area contributed by atoms with E-state index >= 15 is 0 Å². The predicted molar refractivity (Wildman–Crippen MR) is 132 cm³/mol. The van der Waals surface area contributed by atoms with Crippen molar-refractivity contribution in [1.82, 2.24) is 19.4 Å². The highest BCUT2D eigenvalue weighted by molar-refractivity contribution is 5.92. The third-order valence-electron chi connectivity index (χ3n) is 7.22. The average molecular weight is 525 g/mol. The Kier molecular flexibility index (Phi) is 7.06. The lowest BCUT2D eigenvalue weighted by Gasteiger charge is -2.44. The molecule has 0 bridgehead atoms. The molecule has 2 N–H and O–H groups in total. The number of nitrogens with zero attached hydrogens (tertiary/aromatic N) is 5. The van der Waals surface area contributed by atoms with Gasteiger partial charge in [-0.25, -0.2) is 14.8 Å². The topological polar surface area (TPSA) is 107 Å². The highest BCUT2D eigenvalue weighted by Crippen LogP contribution is 2.43. The summed E-state index contributed by atoms with van der Waals surface area (Å²) >= 11 is 0. The lowest BCUT2D eigenvalue weighted by Crippen LogP contribution is -2.59. The van der Waals surface area contributed by atoms with Crippen LogP contribution in [0.15, 0.2) is 12.5 Å². The molecule has 9 nitrogen and oxygen atoms in total. The van der Waals surface area contributed by atoms with E-state index in [1.54, 1.807) is 30.2 Å². The Morgan fingerprint density at radius 2 is 1.78 bits per heavy atom. The second kappa shape index (κ2) is 9.68. The summed E-state index contributed by atoms with van der Waals surface area (Å²) in [6, 6.07) is -0.963. The van der Waals surface area contributed by atoms with Gasteiger partial charge < -0.3 is 24.8 Å². The van der Waals surface area contributed by atoms with Gasteiger partial charge in [-0.2, -0.15) is 13.2 Å². The molecule has 1 aliphatic heterocycles. The number of amides is 2. The zero-order chi connectivity index (χ0) is 27.3. The monoisotopic (exact) mass is 524 g/mol. The Morgan fingerprint density at radius 1 is 1.08 bits per heavy atom. The van der Waals surface area contributed by atoms with Crippen LogP contribution in [0, 0.1) is 5.92 Å². The number of anilines is 1. The SMILES string of the molecule is CC1CN(c2ncnc3c2c(C(F)(F)F)cn3C2CCCC(C(N)=O)C2)C(C)CN1C(=O)OC(C)(C)C. The van der Waals surface area contributed by atoms with Crippen LogP contribution in [0.4, 0.5) is 23.8 Å². The number of halogens is 3. The van der Waals surface area contributed by atoms with Crippen molar-refractivity contribution in [1.29, 1.82) is 0 Å². The van der Waals surface area contributed by atoms with Gasteiger partial charge in [0.05, 0.1) is 10.9 Å². The minimum absolute atomic E-state index is 0.0685. The number of hydrogen-bond donors (Lipinski definition) is 1. The van der Waals surface area contributed by atoms with E-state index < -0.39 is 29.3 Å². The van der Waals surface area contributed by atoms with Crippen LogP contribution in [0.5, 0.6) is 0 Å². The van der Waals surface area contributed by atoms with Crippen molar-refractivity contribution >= 4 is 28.9 Å². The van der Waals surface area contributed by atoms with Crippen molar-refractivity contribution in [3.8, 4) is 0 Å². The molecule has 37 heavy (non-hydrogen) atoms. The fraction of sp³-hybridized carbons (Fsp3) is 0.680. The van der Waals surface area contributed by atoms with Gasteiger partial charge in [-0.05, 0) is 53.9 Å². The highest BCUT2D eigenvalue weighted by Gasteiger charge is 2.41. The summed E-state index contributed by atoms with van der Waals surface area (Å²) in [5.41, 5.74) is 4.22. The predicted octanol–water partition coefficient (Wildman–Crippen LogP) is 4.50. The number of piperazine rings is 1. The number of primary amides is 1. The van der Waals surface area contributed by atoms with Crippen molar-refractivity contribution in [2.75, 3.05) is 18.0 Å². The van der Waals surface area contributed by atoms with Gasteiger partial charge in [-0.15, -0.1) is 0 Å². The summed E-state index contributed by atoms with van der Waals surface area (Å²) in [6.07, 6.45) is -0.379. The lowest BCUT2D eigenvalue weighted by molar-refractivity contribution is -0.136. The second-order valence-corrected chi connectivity index (χ2v) is 11.2. The number of rotatable bonds is 3. The van der Waals surface area contributed by atoms with E-state index in [1.807, 2.05) is 18.7 Å². The first-order chi connectivity index (χ1) is 17.2. The van der Waals surface area contributed by atoms with E-state index in [-0.39, 0.29) is 54.0 Å². The maximum absolute atomic E-state index is 14.3. The van der Waals surface area contributed by atoms with Gasteiger partial charge in [0, 0.05) is 43.3 Å². The number of aromatic nitrogens is 3. The summed E-state index contributed by atoms with van der Waals surface area (Å²) in [4.78, 5) is 36.5. The van der Waals surface area contributed by atoms with Crippen LogP contribution >= 0.6 is 0 Å². The third-order valence-corrected chi connectivity index (χ3v) is 7.22. The highest BCUT2D eigenvalue weighted by atomic mass is 19.4. The maximum atomic E-state index is 14.3. The normalized spacial score (nSPS) is 25.4. The number of alkyl halides is 3. The van der Waals surface area contributed by atoms with E-state index in [0.29, 0.717) is 25.7 Å². The Hall–Kier alpha value is -3.05. The number of carbonyl (C=O) groups is 2. The molecule has 1 aliphatic carbocycles. The van der Waals surface area contributed by atoms with E-state index in [0.717, 1.165) is 6.20 Å². The standard InChI is InChI=1S/C25H35F3N6O3/c1-14-11-33(23(36)37-24(3,4)5)15(2)10-32(14)21-19-18(25(26,27)28)12-34(22(19)31-13-30-21)17-8-6-7-16(9-17)20(29)35/h12-17H,6-11H2,1-5H3,(H2,29,35). The minimum Gasteiger partial charge on any atom is -0.444 e. The lowest BCUT2D eigenvalue weighted by atomic mass is 9.85. The van der Waals surface area contributed by atoms with Gasteiger partial charge >= 0.3 is 12.3 Å². The second-order valence-electron chi connectivity index (χ2n) is 11.2. The summed E-state index contributed by atoms with van der Waals surface area (Å²) in [7, 11) is 0. The molecule has 204 valence electrons. The molecule has 2 aliphatic rings. The first-order valence-corrected chi connectivity index (χ1v) is 12.7. The molecule has 4 atom stereocenters. The zero-order valence-corrected chi connectivity index (χ0v) is 21.9. The van der Waals surface area contributed by atoms with Crippen LogP contribution in [0.2, 0.25) is 0 Å². The minimum atomic E-state index is -4.63. The van der Waals surface area contributed by atoms with Crippen LogP contribution in [-0.2, 0) is 15.7 Å². The van der Waals surface area contributed by atoms with Gasteiger partial charge in [0.15, 0.2) is 0 Å². The van der Waals surface area contributed by atoms with E-state index in [1.165, 1.54) is 6.33 Å². The van der Waals surface area contributed by atoms with E-state index in [9.17, 15) is 22.8 Å². The van der Waals surface area contributed by atoms with Crippen molar-refractivity contribution in [3.05, 3.63) is 18.1 Å². The molecule has 0 aromatic carbocycles. The first kappa shape index (κ1) is 27.0. The third kappa shape index (κ3) is 5.47. The first-order valence-electron chi connectivity index (χ1n) is 12.7. The molecule has 2 amide bonds. The van der Waals surface area contributed by atoms with Crippen LogP contribution < -0.4 is 10.6 Å². The van der Waals surface area contributed by atoms with Gasteiger partial charge in [0.25, 0.3) is 0 Å². The zero-order valence-electron chi connectivity index (χ0n) is 21.9. The molecule has 0 spiro atoms. The van der Waals surface area contributed by atoms with Crippen LogP contribution in [0.1, 0.15) is 71.9 Å². The molecule has 4 unspecified atom stereocenters. The van der Waals surface area contributed by atoms with Gasteiger partial charge in [0.1, 0.15) is 23.4 Å². The Bertz CT molecular complexity index is 1170. The molecule has 3 heterocycles. The van der Waals surface area contributed by atoms with Crippen molar-refractivity contribution in [3.63, 3.8) is 0 Å². The summed E-state index contributed by atoms with van der Waals surface area (Å²) in [5.74, 6) is -0.631. The smallest absolute Gasteiger partial charge is 0.418 e. The summed E-state index contributed by atoms with van der Waals surface area (Å²) < 4.78 is 50.0. The molecule has 1 saturated carbocycles. The molecule has 2 aromatic rings. The average Bonchev–Trinajstić information content (AvgIpc) is 3.20. The Labute approximate surface area is 214 Å². The molecular weight excluding hydrogens is 489 g/mol. The number of ether oxygens (including phenoxy) is 1. The van der Waals surface area contributed by atoms with Crippen LogP contribution in [-0.4, -0.2) is 62.2 Å². The fourth-order valence-corrected chi connectivity index (χ4v) is 5.45. The fourth-order valence-electron chi connectivity index (χ4n) is 5.45. The maximum Gasteiger partial charge on any atom is 0.418 e. The Balaban J connectivity index is 1.73. The summed E-state index contributed by atoms with van der Waals surface area (Å²) in [6.45, 7) is 9.59. The van der Waals surface area contributed by atoms with E-state index in [4.69, 9.17) is 10.5 Å². The molecule has 2 fully saturated rings.